The molecular weight excluding hydrogens is 320 g/mol. The van der Waals surface area contributed by atoms with Gasteiger partial charge in [0.05, 0.1) is 6.20 Å². The smallest absolute Gasteiger partial charge is 0.249 e. The molecule has 0 amide bonds. The molecule has 0 fully saturated rings. The van der Waals surface area contributed by atoms with Crippen LogP contribution in [0.25, 0.3) is 0 Å². The van der Waals surface area contributed by atoms with Crippen LogP contribution in [-0.4, -0.2) is 33.0 Å². The van der Waals surface area contributed by atoms with Crippen LogP contribution in [0.15, 0.2) is 34.7 Å². The normalized spacial score (nSPS) is 11.4. The number of aromatic nitrogens is 1. The Bertz CT molecular complexity index is 728. The molecule has 6 nitrogen and oxygen atoms in total. The molecule has 0 atom stereocenters. The van der Waals surface area contributed by atoms with E-state index < -0.39 is 10.0 Å². The molecule has 0 saturated carbocycles. The third-order valence-electron chi connectivity index (χ3n) is 3.17. The molecule has 0 aliphatic heterocycles. The van der Waals surface area contributed by atoms with Crippen LogP contribution in [0.1, 0.15) is 12.5 Å². The van der Waals surface area contributed by atoms with Gasteiger partial charge in [0.2, 0.25) is 10.0 Å². The molecule has 0 bridgehead atoms. The van der Waals surface area contributed by atoms with Crippen molar-refractivity contribution in [3.63, 3.8) is 0 Å². The standard InChI is InChI=1S/C14H20N4O2S2/c1-3-18(12-6-4-5-11(2)9-12)8-7-16-14-17-10-13(21-14)22(15,19)20/h4-6,9-10H,3,7-8H2,1-2H3,(H,16,17)(H2,15,19,20). The highest BCUT2D eigenvalue weighted by molar-refractivity contribution is 7.91. The van der Waals surface area contributed by atoms with Crippen LogP contribution in [0.3, 0.4) is 0 Å². The molecule has 0 radical (unpaired) electrons. The van der Waals surface area contributed by atoms with Crippen molar-refractivity contribution in [1.82, 2.24) is 4.98 Å². The summed E-state index contributed by atoms with van der Waals surface area (Å²) >= 11 is 1.04. The Morgan fingerprint density at radius 2 is 2.18 bits per heavy atom. The highest BCUT2D eigenvalue weighted by Gasteiger charge is 2.12. The van der Waals surface area contributed by atoms with Crippen molar-refractivity contribution in [1.29, 1.82) is 0 Å². The summed E-state index contributed by atoms with van der Waals surface area (Å²) in [4.78, 5) is 6.27. The van der Waals surface area contributed by atoms with Crippen LogP contribution in [0.5, 0.6) is 0 Å². The zero-order chi connectivity index (χ0) is 16.2. The molecule has 0 saturated heterocycles. The highest BCUT2D eigenvalue weighted by Crippen LogP contribution is 2.21. The van der Waals surface area contributed by atoms with Crippen molar-refractivity contribution >= 4 is 32.2 Å². The Kier molecular flexibility index (Phi) is 5.38. The van der Waals surface area contributed by atoms with Crippen LogP contribution < -0.4 is 15.4 Å². The van der Waals surface area contributed by atoms with E-state index in [1.165, 1.54) is 17.4 Å². The van der Waals surface area contributed by atoms with Gasteiger partial charge in [-0.15, -0.1) is 0 Å². The number of sulfonamides is 1. The van der Waals surface area contributed by atoms with E-state index in [1.54, 1.807) is 0 Å². The van der Waals surface area contributed by atoms with E-state index in [9.17, 15) is 8.42 Å². The molecule has 0 unspecified atom stereocenters. The van der Waals surface area contributed by atoms with Crippen molar-refractivity contribution in [2.45, 2.75) is 18.1 Å². The van der Waals surface area contributed by atoms with Crippen molar-refractivity contribution in [2.75, 3.05) is 29.9 Å². The molecule has 2 aromatic rings. The molecule has 1 aromatic carbocycles. The number of nitrogens with zero attached hydrogens (tertiary/aromatic N) is 2. The van der Waals surface area contributed by atoms with Gasteiger partial charge in [0.25, 0.3) is 0 Å². The Morgan fingerprint density at radius 1 is 1.41 bits per heavy atom. The lowest BCUT2D eigenvalue weighted by Gasteiger charge is -2.23. The largest absolute Gasteiger partial charge is 0.370 e. The third kappa shape index (κ3) is 4.43. The number of hydrogen-bond acceptors (Lipinski definition) is 6. The minimum absolute atomic E-state index is 0.0704. The first-order valence-electron chi connectivity index (χ1n) is 6.94. The summed E-state index contributed by atoms with van der Waals surface area (Å²) in [5.41, 5.74) is 2.40. The maximum absolute atomic E-state index is 11.2. The maximum Gasteiger partial charge on any atom is 0.249 e. The topological polar surface area (TPSA) is 88.3 Å². The van der Waals surface area contributed by atoms with Crippen molar-refractivity contribution in [3.8, 4) is 0 Å². The van der Waals surface area contributed by atoms with Crippen LogP contribution in [0.2, 0.25) is 0 Å². The average molecular weight is 340 g/mol. The van der Waals surface area contributed by atoms with Gasteiger partial charge < -0.3 is 10.2 Å². The Morgan fingerprint density at radius 3 is 2.77 bits per heavy atom. The molecule has 1 heterocycles. The maximum atomic E-state index is 11.2. The second kappa shape index (κ2) is 7.08. The molecule has 22 heavy (non-hydrogen) atoms. The van der Waals surface area contributed by atoms with Gasteiger partial charge in [0, 0.05) is 25.3 Å². The molecule has 1 aromatic heterocycles. The van der Waals surface area contributed by atoms with Gasteiger partial charge in [-0.25, -0.2) is 18.5 Å². The number of nitrogens with two attached hydrogens (primary N) is 1. The van der Waals surface area contributed by atoms with Crippen LogP contribution in [0, 0.1) is 6.92 Å². The Hall–Kier alpha value is -1.64. The van der Waals surface area contributed by atoms with Gasteiger partial charge in [-0.2, -0.15) is 0 Å². The zero-order valence-corrected chi connectivity index (χ0v) is 14.2. The molecule has 120 valence electrons. The molecular formula is C14H20N4O2S2. The summed E-state index contributed by atoms with van der Waals surface area (Å²) in [7, 11) is -3.67. The monoisotopic (exact) mass is 340 g/mol. The van der Waals surface area contributed by atoms with Crippen LogP contribution in [0.4, 0.5) is 10.8 Å². The second-order valence-corrected chi connectivity index (χ2v) is 7.69. The van der Waals surface area contributed by atoms with E-state index in [2.05, 4.69) is 47.2 Å². The van der Waals surface area contributed by atoms with Gasteiger partial charge in [-0.05, 0) is 31.5 Å². The summed E-state index contributed by atoms with van der Waals surface area (Å²) in [6.07, 6.45) is 1.28. The summed E-state index contributed by atoms with van der Waals surface area (Å²) in [6.45, 7) is 6.53. The predicted molar refractivity (Wildman–Crippen MR) is 91.0 cm³/mol. The van der Waals surface area contributed by atoms with E-state index >= 15 is 0 Å². The number of anilines is 2. The summed E-state index contributed by atoms with van der Waals surface area (Å²) in [6, 6.07) is 8.34. The molecule has 0 spiro atoms. The minimum Gasteiger partial charge on any atom is -0.370 e. The molecule has 3 N–H and O–H groups in total. The van der Waals surface area contributed by atoms with Gasteiger partial charge in [0.1, 0.15) is 0 Å². The van der Waals surface area contributed by atoms with Gasteiger partial charge >= 0.3 is 0 Å². The third-order valence-corrected chi connectivity index (χ3v) is 5.53. The number of benzene rings is 1. The lowest BCUT2D eigenvalue weighted by molar-refractivity contribution is 0.599. The Balaban J connectivity index is 1.93. The van der Waals surface area contributed by atoms with Gasteiger partial charge in [-0.1, -0.05) is 23.5 Å². The molecule has 0 aliphatic rings. The fraction of sp³-hybridized carbons (Fsp3) is 0.357. The number of likely N-dealkylation sites (N-methyl/N-ethyl adjacent to an activating group) is 1. The average Bonchev–Trinajstić information content (AvgIpc) is 2.92. The number of hydrogen-bond donors (Lipinski definition) is 2. The fourth-order valence-corrected chi connectivity index (χ4v) is 3.54. The zero-order valence-electron chi connectivity index (χ0n) is 12.6. The van der Waals surface area contributed by atoms with Gasteiger partial charge in [-0.3, -0.25) is 0 Å². The van der Waals surface area contributed by atoms with Crippen molar-refractivity contribution < 1.29 is 8.42 Å². The Labute approximate surface area is 135 Å². The van der Waals surface area contributed by atoms with Crippen LogP contribution in [-0.2, 0) is 10.0 Å². The van der Waals surface area contributed by atoms with Crippen molar-refractivity contribution in [2.24, 2.45) is 5.14 Å². The summed E-state index contributed by atoms with van der Waals surface area (Å²) < 4.78 is 22.5. The van der Waals surface area contributed by atoms with E-state index in [0.717, 1.165) is 24.4 Å². The fourth-order valence-electron chi connectivity index (χ4n) is 2.06. The number of primary sulfonamides is 1. The first-order chi connectivity index (χ1) is 10.4. The number of aryl methyl sites for hydroxylation is 1. The van der Waals surface area contributed by atoms with E-state index in [1.807, 2.05) is 6.07 Å². The second-order valence-electron chi connectivity index (χ2n) is 4.87. The summed E-state index contributed by atoms with van der Waals surface area (Å²) in [5, 5.41) is 8.76. The highest BCUT2D eigenvalue weighted by atomic mass is 32.2. The van der Waals surface area contributed by atoms with E-state index in [0.29, 0.717) is 11.7 Å². The van der Waals surface area contributed by atoms with E-state index in [4.69, 9.17) is 5.14 Å². The van der Waals surface area contributed by atoms with Gasteiger partial charge in [0.15, 0.2) is 9.34 Å². The molecule has 2 rings (SSSR count). The first kappa shape index (κ1) is 16.7. The predicted octanol–water partition coefficient (Wildman–Crippen LogP) is 2.04. The lowest BCUT2D eigenvalue weighted by atomic mass is 10.2. The molecule has 8 heteroatoms. The van der Waals surface area contributed by atoms with Crippen molar-refractivity contribution in [3.05, 3.63) is 36.0 Å². The minimum atomic E-state index is -3.67. The van der Waals surface area contributed by atoms with E-state index in [-0.39, 0.29) is 4.21 Å². The number of rotatable bonds is 7. The molecule has 0 aliphatic carbocycles. The first-order valence-corrected chi connectivity index (χ1v) is 9.30. The number of thiazole rings is 1. The lowest BCUT2D eigenvalue weighted by Crippen LogP contribution is -2.28. The SMILES string of the molecule is CCN(CCNc1ncc(S(N)(=O)=O)s1)c1cccc(C)c1. The number of nitrogens with one attached hydrogen (secondary N) is 1. The quantitative estimate of drug-likeness (QED) is 0.805. The summed E-state index contributed by atoms with van der Waals surface area (Å²) in [5.74, 6) is 0. The van der Waals surface area contributed by atoms with Crippen LogP contribution >= 0.6 is 11.3 Å².